The van der Waals surface area contributed by atoms with Crippen molar-refractivity contribution in [3.05, 3.63) is 78.5 Å². The van der Waals surface area contributed by atoms with Gasteiger partial charge >= 0.3 is 0 Å². The molecular formula is C22H25N3O. The van der Waals surface area contributed by atoms with Crippen molar-refractivity contribution in [2.24, 2.45) is 10.7 Å². The number of carbonyl (C=O) groups excluding carboxylic acids is 1. The number of hydrogen-bond donors (Lipinski definition) is 2. The summed E-state index contributed by atoms with van der Waals surface area (Å²) >= 11 is 0. The van der Waals surface area contributed by atoms with E-state index in [2.05, 4.69) is 10.3 Å². The van der Waals surface area contributed by atoms with Crippen LogP contribution in [0.2, 0.25) is 0 Å². The molecule has 3 rings (SSSR count). The fourth-order valence-corrected chi connectivity index (χ4v) is 3.56. The second kappa shape index (κ2) is 8.48. The van der Waals surface area contributed by atoms with Crippen LogP contribution in [-0.2, 0) is 10.2 Å². The highest BCUT2D eigenvalue weighted by Gasteiger charge is 2.40. The fraction of sp³-hybridized carbons (Fsp3) is 0.273. The van der Waals surface area contributed by atoms with Crippen molar-refractivity contribution in [3.8, 4) is 0 Å². The second-order valence-corrected chi connectivity index (χ2v) is 6.69. The summed E-state index contributed by atoms with van der Waals surface area (Å²) in [6.07, 6.45) is 8.26. The molecule has 0 bridgehead atoms. The Balaban J connectivity index is 1.75. The molecule has 26 heavy (non-hydrogen) atoms. The third kappa shape index (κ3) is 4.20. The van der Waals surface area contributed by atoms with Crippen molar-refractivity contribution in [1.29, 1.82) is 0 Å². The summed E-state index contributed by atoms with van der Waals surface area (Å²) in [5.41, 5.74) is 7.45. The van der Waals surface area contributed by atoms with Gasteiger partial charge in [0.25, 0.3) is 5.91 Å². The number of para-hydroxylation sites is 1. The quantitative estimate of drug-likeness (QED) is 0.622. The molecule has 1 aliphatic rings. The van der Waals surface area contributed by atoms with Gasteiger partial charge < -0.3 is 11.1 Å². The Labute approximate surface area is 154 Å². The topological polar surface area (TPSA) is 67.5 Å². The van der Waals surface area contributed by atoms with Gasteiger partial charge in [-0.15, -0.1) is 0 Å². The van der Waals surface area contributed by atoms with Crippen LogP contribution in [0.5, 0.6) is 0 Å². The van der Waals surface area contributed by atoms with Gasteiger partial charge in [-0.2, -0.15) is 4.99 Å². The third-order valence-corrected chi connectivity index (χ3v) is 4.95. The lowest BCUT2D eigenvalue weighted by molar-refractivity contribution is -0.124. The second-order valence-electron chi connectivity index (χ2n) is 6.69. The minimum atomic E-state index is -0.537. The van der Waals surface area contributed by atoms with Crippen molar-refractivity contribution in [1.82, 2.24) is 0 Å². The maximum absolute atomic E-state index is 13.0. The number of carbonyl (C=O) groups is 1. The van der Waals surface area contributed by atoms with Crippen LogP contribution in [0, 0.1) is 0 Å². The number of amidine groups is 1. The van der Waals surface area contributed by atoms with E-state index in [0.29, 0.717) is 0 Å². The van der Waals surface area contributed by atoms with E-state index in [1.807, 2.05) is 60.7 Å². The number of amides is 1. The van der Waals surface area contributed by atoms with Gasteiger partial charge in [0.05, 0.1) is 5.41 Å². The van der Waals surface area contributed by atoms with E-state index in [-0.39, 0.29) is 11.7 Å². The summed E-state index contributed by atoms with van der Waals surface area (Å²) in [5.74, 6) is 0.0876. The summed E-state index contributed by atoms with van der Waals surface area (Å²) in [7, 11) is 0. The van der Waals surface area contributed by atoms with Gasteiger partial charge in [0.1, 0.15) is 5.84 Å². The van der Waals surface area contributed by atoms with E-state index < -0.39 is 5.41 Å². The van der Waals surface area contributed by atoms with Crippen molar-refractivity contribution < 1.29 is 4.79 Å². The normalized spacial score (nSPS) is 17.2. The van der Waals surface area contributed by atoms with E-state index >= 15 is 0 Å². The van der Waals surface area contributed by atoms with Crippen LogP contribution in [0.3, 0.4) is 0 Å². The molecule has 0 heterocycles. The van der Waals surface area contributed by atoms with E-state index in [9.17, 15) is 4.79 Å². The van der Waals surface area contributed by atoms with Crippen LogP contribution in [0.25, 0.3) is 0 Å². The molecular weight excluding hydrogens is 322 g/mol. The highest BCUT2D eigenvalue weighted by atomic mass is 16.1. The summed E-state index contributed by atoms with van der Waals surface area (Å²) in [5, 5.41) is 3.12. The number of nitrogens with one attached hydrogen (secondary N) is 1. The standard InChI is InChI=1S/C22H25N3O/c23-20(14-17-24-19-12-6-2-7-13-19)25-21(26)22(15-8-3-9-16-22)18-10-4-1-5-11-18/h1-2,4-7,10-14,17,24H,3,8-9,15-16H2,(H2,23,25,26)/b17-14-. The summed E-state index contributed by atoms with van der Waals surface area (Å²) in [4.78, 5) is 17.3. The summed E-state index contributed by atoms with van der Waals surface area (Å²) < 4.78 is 0. The molecule has 1 saturated carbocycles. The minimum absolute atomic E-state index is 0.134. The minimum Gasteiger partial charge on any atom is -0.384 e. The first-order chi connectivity index (χ1) is 12.7. The Kier molecular flexibility index (Phi) is 5.84. The molecule has 0 aliphatic heterocycles. The van der Waals surface area contributed by atoms with Gasteiger partial charge in [-0.1, -0.05) is 67.8 Å². The Morgan fingerprint density at radius 3 is 2.23 bits per heavy atom. The van der Waals surface area contributed by atoms with Gasteiger partial charge in [-0.25, -0.2) is 0 Å². The Hall–Kier alpha value is -2.88. The Bertz CT molecular complexity index is 776. The number of benzene rings is 2. The van der Waals surface area contributed by atoms with Crippen molar-refractivity contribution in [2.45, 2.75) is 37.5 Å². The lowest BCUT2D eigenvalue weighted by Crippen LogP contribution is -2.38. The lowest BCUT2D eigenvalue weighted by Gasteiger charge is -2.34. The van der Waals surface area contributed by atoms with Gasteiger partial charge in [-0.05, 0) is 36.6 Å². The highest BCUT2D eigenvalue weighted by molar-refractivity contribution is 6.03. The predicted molar refractivity (Wildman–Crippen MR) is 107 cm³/mol. The van der Waals surface area contributed by atoms with E-state index in [0.717, 1.165) is 36.9 Å². The van der Waals surface area contributed by atoms with Gasteiger partial charge in [0, 0.05) is 11.9 Å². The molecule has 3 N–H and O–H groups in total. The van der Waals surface area contributed by atoms with Crippen LogP contribution in [0.15, 0.2) is 77.9 Å². The predicted octanol–water partition coefficient (Wildman–Crippen LogP) is 4.40. The van der Waals surface area contributed by atoms with Gasteiger partial charge in [-0.3, -0.25) is 4.79 Å². The monoisotopic (exact) mass is 347 g/mol. The SMILES string of the molecule is NC(/C=C\Nc1ccccc1)=NC(=O)C1(c2ccccc2)CCCCC1. The number of anilines is 1. The third-order valence-electron chi connectivity index (χ3n) is 4.95. The number of nitrogens with zero attached hydrogens (tertiary/aromatic N) is 1. The van der Waals surface area contributed by atoms with Crippen LogP contribution in [-0.4, -0.2) is 11.7 Å². The molecule has 0 radical (unpaired) electrons. The zero-order chi connectivity index (χ0) is 18.2. The number of rotatable bonds is 5. The van der Waals surface area contributed by atoms with Crippen LogP contribution < -0.4 is 11.1 Å². The molecule has 0 unspecified atom stereocenters. The Morgan fingerprint density at radius 1 is 0.962 bits per heavy atom. The lowest BCUT2D eigenvalue weighted by atomic mass is 9.69. The molecule has 2 aromatic carbocycles. The average Bonchev–Trinajstić information content (AvgIpc) is 2.70. The maximum atomic E-state index is 13.0. The molecule has 0 spiro atoms. The first-order valence-electron chi connectivity index (χ1n) is 9.13. The molecule has 4 nitrogen and oxygen atoms in total. The number of hydrogen-bond acceptors (Lipinski definition) is 2. The van der Waals surface area contributed by atoms with Crippen LogP contribution in [0.4, 0.5) is 5.69 Å². The molecule has 4 heteroatoms. The first kappa shape index (κ1) is 17.9. The van der Waals surface area contributed by atoms with E-state index in [1.165, 1.54) is 6.42 Å². The zero-order valence-corrected chi connectivity index (χ0v) is 14.9. The molecule has 2 aromatic rings. The zero-order valence-electron chi connectivity index (χ0n) is 14.9. The van der Waals surface area contributed by atoms with Crippen LogP contribution in [0.1, 0.15) is 37.7 Å². The van der Waals surface area contributed by atoms with Crippen molar-refractivity contribution in [2.75, 3.05) is 5.32 Å². The van der Waals surface area contributed by atoms with Crippen LogP contribution >= 0.6 is 0 Å². The smallest absolute Gasteiger partial charge is 0.258 e. The maximum Gasteiger partial charge on any atom is 0.258 e. The average molecular weight is 347 g/mol. The first-order valence-corrected chi connectivity index (χ1v) is 9.13. The number of nitrogens with two attached hydrogens (primary N) is 1. The molecule has 1 fully saturated rings. The largest absolute Gasteiger partial charge is 0.384 e. The molecule has 1 aliphatic carbocycles. The fourth-order valence-electron chi connectivity index (χ4n) is 3.56. The number of aliphatic imine (C=N–C) groups is 1. The molecule has 0 aromatic heterocycles. The Morgan fingerprint density at radius 2 is 1.58 bits per heavy atom. The summed E-state index contributed by atoms with van der Waals surface area (Å²) in [6.45, 7) is 0. The van der Waals surface area contributed by atoms with Gasteiger partial charge in [0.15, 0.2) is 0 Å². The highest BCUT2D eigenvalue weighted by Crippen LogP contribution is 2.40. The molecule has 0 saturated heterocycles. The van der Waals surface area contributed by atoms with Gasteiger partial charge in [0.2, 0.25) is 0 Å². The van der Waals surface area contributed by atoms with Crippen molar-refractivity contribution in [3.63, 3.8) is 0 Å². The molecule has 0 atom stereocenters. The summed E-state index contributed by atoms with van der Waals surface area (Å²) in [6, 6.07) is 19.8. The molecule has 1 amide bonds. The van der Waals surface area contributed by atoms with E-state index in [4.69, 9.17) is 5.73 Å². The van der Waals surface area contributed by atoms with Crippen molar-refractivity contribution >= 4 is 17.4 Å². The molecule has 134 valence electrons. The van der Waals surface area contributed by atoms with E-state index in [1.54, 1.807) is 12.3 Å².